The highest BCUT2D eigenvalue weighted by Crippen LogP contribution is 2.63. The molecule has 3 heterocycles. The summed E-state index contributed by atoms with van der Waals surface area (Å²) in [6, 6.07) is 46.4. The van der Waals surface area contributed by atoms with Crippen molar-refractivity contribution in [3.05, 3.63) is 178 Å². The number of benzene rings is 6. The van der Waals surface area contributed by atoms with Gasteiger partial charge in [-0.05, 0) is 50.6 Å². The van der Waals surface area contributed by atoms with E-state index in [4.69, 9.17) is 4.74 Å². The van der Waals surface area contributed by atoms with Crippen LogP contribution < -0.4 is 15.4 Å². The van der Waals surface area contributed by atoms with Crippen LogP contribution in [0.4, 0.5) is 11.4 Å². The van der Waals surface area contributed by atoms with Crippen molar-refractivity contribution in [1.82, 2.24) is 0 Å². The maximum atomic E-state index is 6.88. The normalized spacial score (nSPS) is 16.9. The summed E-state index contributed by atoms with van der Waals surface area (Å²) in [4.78, 5) is 0. The van der Waals surface area contributed by atoms with E-state index in [1.165, 1.54) is 61.4 Å². The minimum Gasteiger partial charge on any atom is -0.456 e. The summed E-state index contributed by atoms with van der Waals surface area (Å²) >= 11 is 0. The third-order valence-corrected chi connectivity index (χ3v) is 10.2. The summed E-state index contributed by atoms with van der Waals surface area (Å²) < 4.78 is 6.88. The highest BCUT2D eigenvalue weighted by Gasteiger charge is 2.51. The Balaban J connectivity index is 1.09. The number of hydrogen-bond donors (Lipinski definition) is 2. The molecule has 6 aromatic carbocycles. The highest BCUT2D eigenvalue weighted by atomic mass is 16.5. The topological polar surface area (TPSA) is 33.3 Å². The smallest absolute Gasteiger partial charge is 0.140 e. The Morgan fingerprint density at radius 1 is 0.565 bits per heavy atom. The maximum Gasteiger partial charge on any atom is 0.140 e. The molecule has 3 aliphatic heterocycles. The second kappa shape index (κ2) is 9.60. The molecule has 0 radical (unpaired) electrons. The van der Waals surface area contributed by atoms with Gasteiger partial charge in [-0.3, -0.25) is 0 Å². The van der Waals surface area contributed by atoms with E-state index in [2.05, 4.69) is 162 Å². The lowest BCUT2D eigenvalue weighted by Crippen LogP contribution is -2.32. The van der Waals surface area contributed by atoms with Crippen molar-refractivity contribution in [2.45, 2.75) is 11.5 Å². The third kappa shape index (κ3) is 3.43. The van der Waals surface area contributed by atoms with Gasteiger partial charge in [0, 0.05) is 23.2 Å². The monoisotopic (exact) mass is 590 g/mol. The van der Waals surface area contributed by atoms with Crippen LogP contribution in [0.15, 0.2) is 140 Å². The molecular weight excluding hydrogens is 560 g/mol. The largest absolute Gasteiger partial charge is 0.456 e. The average molecular weight is 591 g/mol. The summed E-state index contributed by atoms with van der Waals surface area (Å²) in [5.41, 5.74) is 15.4. The summed E-state index contributed by atoms with van der Waals surface area (Å²) in [5, 5.41) is 7.37. The molecule has 1 spiro atoms. The van der Waals surface area contributed by atoms with E-state index >= 15 is 0 Å². The van der Waals surface area contributed by atoms with Crippen molar-refractivity contribution in [2.24, 2.45) is 0 Å². The quantitative estimate of drug-likeness (QED) is 0.210. The molecule has 3 heteroatoms. The van der Waals surface area contributed by atoms with E-state index in [0.29, 0.717) is 0 Å². The molecule has 0 amide bonds. The van der Waals surface area contributed by atoms with Crippen LogP contribution in [-0.4, -0.2) is 6.54 Å². The first kappa shape index (κ1) is 25.5. The van der Waals surface area contributed by atoms with Gasteiger partial charge in [0.05, 0.1) is 22.8 Å². The zero-order valence-electron chi connectivity index (χ0n) is 25.1. The first-order valence-corrected chi connectivity index (χ1v) is 16.0. The summed E-state index contributed by atoms with van der Waals surface area (Å²) in [7, 11) is 0. The number of ether oxygens (including phenoxy) is 1. The van der Waals surface area contributed by atoms with Crippen LogP contribution in [0.1, 0.15) is 45.0 Å². The van der Waals surface area contributed by atoms with E-state index in [1.54, 1.807) is 0 Å². The molecule has 0 fully saturated rings. The van der Waals surface area contributed by atoms with E-state index in [-0.39, 0.29) is 6.04 Å². The second-order valence-electron chi connectivity index (χ2n) is 12.5. The Morgan fingerprint density at radius 3 is 2.00 bits per heavy atom. The Bertz CT molecular complexity index is 2230. The molecule has 0 saturated heterocycles. The van der Waals surface area contributed by atoms with Gasteiger partial charge in [-0.2, -0.15) is 0 Å². The lowest BCUT2D eigenvalue weighted by molar-refractivity contribution is 0.438. The summed E-state index contributed by atoms with van der Waals surface area (Å²) in [6.07, 6.45) is 8.86. The van der Waals surface area contributed by atoms with Gasteiger partial charge in [0.1, 0.15) is 11.5 Å². The lowest BCUT2D eigenvalue weighted by atomic mass is 9.65. The minimum absolute atomic E-state index is 0.0864. The SMILES string of the molecule is C1=Cc2ccc3c(c2NC1)NC(c1ccc(-c2cccc4c2Oc2ccccc2C42c4ccccc4-c4ccccc42)cc1)C=C3. The predicted octanol–water partition coefficient (Wildman–Crippen LogP) is 10.4. The van der Waals surface area contributed by atoms with Crippen LogP contribution in [0.2, 0.25) is 0 Å². The molecule has 0 saturated carbocycles. The number of para-hydroxylation sites is 2. The lowest BCUT2D eigenvalue weighted by Gasteiger charge is -2.40. The van der Waals surface area contributed by atoms with Crippen LogP contribution in [-0.2, 0) is 5.41 Å². The minimum atomic E-state index is -0.458. The van der Waals surface area contributed by atoms with Crippen molar-refractivity contribution >= 4 is 23.5 Å². The van der Waals surface area contributed by atoms with Gasteiger partial charge in [-0.1, -0.05) is 146 Å². The predicted molar refractivity (Wildman–Crippen MR) is 189 cm³/mol. The Kier molecular flexibility index (Phi) is 5.32. The van der Waals surface area contributed by atoms with Gasteiger partial charge in [-0.25, -0.2) is 0 Å². The first-order valence-electron chi connectivity index (χ1n) is 16.0. The van der Waals surface area contributed by atoms with Crippen molar-refractivity contribution in [2.75, 3.05) is 17.2 Å². The van der Waals surface area contributed by atoms with Crippen molar-refractivity contribution in [3.63, 3.8) is 0 Å². The van der Waals surface area contributed by atoms with E-state index in [9.17, 15) is 0 Å². The molecule has 218 valence electrons. The Hall–Kier alpha value is -5.80. The van der Waals surface area contributed by atoms with Crippen LogP contribution in [0.25, 0.3) is 34.4 Å². The molecule has 3 nitrogen and oxygen atoms in total. The fourth-order valence-electron chi connectivity index (χ4n) is 8.18. The standard InChI is InChI=1S/C43H30N2O/c1-3-13-34-32(10-1)33-11-2-4-14-35(33)43(34)36-15-5-6-17-39(36)46-42-31(12-7-16-37(42)43)27-18-20-28(21-19-27)38-25-24-30-23-22-29-9-8-26-44-40(29)41(30)45-38/h1-25,38,44-45H,26H2. The van der Waals surface area contributed by atoms with Gasteiger partial charge in [0.15, 0.2) is 0 Å². The molecule has 4 aliphatic rings. The van der Waals surface area contributed by atoms with Crippen LogP contribution in [0.3, 0.4) is 0 Å². The van der Waals surface area contributed by atoms with Gasteiger partial charge >= 0.3 is 0 Å². The van der Waals surface area contributed by atoms with Gasteiger partial charge in [0.25, 0.3) is 0 Å². The molecule has 0 bridgehead atoms. The molecule has 0 aromatic heterocycles. The zero-order chi connectivity index (χ0) is 30.2. The molecule has 1 atom stereocenters. The van der Waals surface area contributed by atoms with Crippen LogP contribution >= 0.6 is 0 Å². The molecule has 46 heavy (non-hydrogen) atoms. The van der Waals surface area contributed by atoms with E-state index < -0.39 is 5.41 Å². The maximum absolute atomic E-state index is 6.88. The molecular formula is C43H30N2O. The highest BCUT2D eigenvalue weighted by molar-refractivity contribution is 5.91. The van der Waals surface area contributed by atoms with Crippen molar-refractivity contribution in [3.8, 4) is 33.8 Å². The molecule has 2 N–H and O–H groups in total. The van der Waals surface area contributed by atoms with Gasteiger partial charge < -0.3 is 15.4 Å². The van der Waals surface area contributed by atoms with Crippen molar-refractivity contribution in [1.29, 1.82) is 0 Å². The first-order chi connectivity index (χ1) is 22.8. The number of fused-ring (bicyclic) bond motifs is 12. The second-order valence-corrected chi connectivity index (χ2v) is 12.5. The van der Waals surface area contributed by atoms with Gasteiger partial charge in [0.2, 0.25) is 0 Å². The number of hydrogen-bond acceptors (Lipinski definition) is 3. The van der Waals surface area contributed by atoms with Crippen LogP contribution in [0, 0.1) is 0 Å². The fourth-order valence-corrected chi connectivity index (χ4v) is 8.18. The van der Waals surface area contributed by atoms with Crippen molar-refractivity contribution < 1.29 is 4.74 Å². The Morgan fingerprint density at radius 2 is 1.22 bits per heavy atom. The van der Waals surface area contributed by atoms with Crippen LogP contribution in [0.5, 0.6) is 11.5 Å². The number of anilines is 2. The molecule has 1 aliphatic carbocycles. The number of rotatable bonds is 2. The fraction of sp³-hybridized carbons (Fsp3) is 0.0698. The van der Waals surface area contributed by atoms with Gasteiger partial charge in [-0.15, -0.1) is 0 Å². The van der Waals surface area contributed by atoms with E-state index in [1.807, 2.05) is 0 Å². The van der Waals surface area contributed by atoms with E-state index in [0.717, 1.165) is 29.2 Å². The zero-order valence-corrected chi connectivity index (χ0v) is 25.1. The average Bonchev–Trinajstić information content (AvgIpc) is 3.42. The molecule has 6 aromatic rings. The molecule has 1 unspecified atom stereocenters. The third-order valence-electron chi connectivity index (χ3n) is 10.2. The summed E-state index contributed by atoms with van der Waals surface area (Å²) in [6.45, 7) is 0.848. The number of nitrogens with one attached hydrogen (secondary N) is 2. The summed E-state index contributed by atoms with van der Waals surface area (Å²) in [5.74, 6) is 1.84. The molecule has 10 rings (SSSR count). The Labute approximate surface area is 268 Å².